The molecule has 0 aliphatic heterocycles. The molecule has 0 fully saturated rings. The molecule has 5 aromatic rings. The number of amides is 1. The summed E-state index contributed by atoms with van der Waals surface area (Å²) in [5, 5.41) is 10.9. The molecule has 0 saturated heterocycles. The SMILES string of the molecule is Cc1ccc(-c2noc(-c3cccn4c(=O)n(CC(=O)Nc5cc(F)ccc5Cl)nc34)n2)cc1. The van der Waals surface area contributed by atoms with Crippen LogP contribution >= 0.6 is 11.6 Å². The number of pyridine rings is 1. The highest BCUT2D eigenvalue weighted by Crippen LogP contribution is 2.25. The van der Waals surface area contributed by atoms with Crippen molar-refractivity contribution in [1.82, 2.24) is 24.3 Å². The fraction of sp³-hybridized carbons (Fsp3) is 0.0870. The molecule has 0 aliphatic carbocycles. The molecule has 0 unspecified atom stereocenters. The van der Waals surface area contributed by atoms with Gasteiger partial charge in [0.1, 0.15) is 12.4 Å². The quantitative estimate of drug-likeness (QED) is 0.410. The topological polar surface area (TPSA) is 107 Å². The van der Waals surface area contributed by atoms with E-state index < -0.39 is 24.0 Å². The summed E-state index contributed by atoms with van der Waals surface area (Å²) in [7, 11) is 0. The molecule has 1 N–H and O–H groups in total. The minimum atomic E-state index is -0.598. The number of nitrogens with zero attached hydrogens (tertiary/aromatic N) is 5. The highest BCUT2D eigenvalue weighted by Gasteiger charge is 2.19. The maximum Gasteiger partial charge on any atom is 0.350 e. The van der Waals surface area contributed by atoms with Gasteiger partial charge in [-0.3, -0.25) is 4.79 Å². The number of fused-ring (bicyclic) bond motifs is 1. The Bertz CT molecular complexity index is 1590. The molecule has 9 nitrogen and oxygen atoms in total. The lowest BCUT2D eigenvalue weighted by atomic mass is 10.1. The summed E-state index contributed by atoms with van der Waals surface area (Å²) in [6, 6.07) is 14.6. The van der Waals surface area contributed by atoms with Crippen LogP contribution in [0.25, 0.3) is 28.5 Å². The van der Waals surface area contributed by atoms with Gasteiger partial charge in [-0.15, -0.1) is 5.10 Å². The first-order valence-electron chi connectivity index (χ1n) is 10.1. The van der Waals surface area contributed by atoms with Crippen LogP contribution in [-0.2, 0) is 11.3 Å². The van der Waals surface area contributed by atoms with Crippen LogP contribution in [0, 0.1) is 12.7 Å². The molecule has 3 aromatic heterocycles. The summed E-state index contributed by atoms with van der Waals surface area (Å²) >= 11 is 5.99. The number of carbonyl (C=O) groups excluding carboxylic acids is 1. The summed E-state index contributed by atoms with van der Waals surface area (Å²) in [6.07, 6.45) is 1.52. The highest BCUT2D eigenvalue weighted by atomic mass is 35.5. The van der Waals surface area contributed by atoms with Crippen molar-refractivity contribution in [2.24, 2.45) is 0 Å². The highest BCUT2D eigenvalue weighted by molar-refractivity contribution is 6.33. The number of nitrogens with one attached hydrogen (secondary N) is 1. The Labute approximate surface area is 196 Å². The largest absolute Gasteiger partial charge is 0.350 e. The monoisotopic (exact) mass is 478 g/mol. The average molecular weight is 479 g/mol. The molecule has 11 heteroatoms. The Morgan fingerprint density at radius 2 is 1.97 bits per heavy atom. The third-order valence-electron chi connectivity index (χ3n) is 5.07. The van der Waals surface area contributed by atoms with Gasteiger partial charge >= 0.3 is 5.69 Å². The lowest BCUT2D eigenvalue weighted by Crippen LogP contribution is -2.28. The van der Waals surface area contributed by atoms with Gasteiger partial charge in [-0.05, 0) is 37.3 Å². The maximum absolute atomic E-state index is 13.5. The van der Waals surface area contributed by atoms with Crippen LogP contribution in [0.15, 0.2) is 70.1 Å². The molecule has 0 saturated carbocycles. The number of halogens is 2. The van der Waals surface area contributed by atoms with E-state index in [1.165, 1.54) is 22.7 Å². The van der Waals surface area contributed by atoms with Crippen LogP contribution < -0.4 is 11.0 Å². The van der Waals surface area contributed by atoms with Gasteiger partial charge in [-0.1, -0.05) is 46.6 Å². The molecule has 3 heterocycles. The van der Waals surface area contributed by atoms with Crippen LogP contribution in [0.3, 0.4) is 0 Å². The molecule has 34 heavy (non-hydrogen) atoms. The van der Waals surface area contributed by atoms with Crippen LogP contribution in [0.2, 0.25) is 5.02 Å². The van der Waals surface area contributed by atoms with E-state index in [1.807, 2.05) is 31.2 Å². The van der Waals surface area contributed by atoms with E-state index in [-0.39, 0.29) is 22.2 Å². The fourth-order valence-corrected chi connectivity index (χ4v) is 3.54. The molecule has 0 atom stereocenters. The van der Waals surface area contributed by atoms with Gasteiger partial charge in [0.25, 0.3) is 5.89 Å². The second-order valence-electron chi connectivity index (χ2n) is 7.52. The Morgan fingerprint density at radius 3 is 2.76 bits per heavy atom. The fourth-order valence-electron chi connectivity index (χ4n) is 3.38. The van der Waals surface area contributed by atoms with Gasteiger partial charge < -0.3 is 9.84 Å². The maximum atomic E-state index is 13.5. The zero-order valence-electron chi connectivity index (χ0n) is 17.7. The smallest absolute Gasteiger partial charge is 0.333 e. The number of benzene rings is 2. The average Bonchev–Trinajstić information content (AvgIpc) is 3.42. The Hall–Kier alpha value is -4.31. The van der Waals surface area contributed by atoms with Crippen molar-refractivity contribution in [2.45, 2.75) is 13.5 Å². The second kappa shape index (κ2) is 8.56. The number of hydrogen-bond donors (Lipinski definition) is 1. The molecule has 0 radical (unpaired) electrons. The molecule has 5 rings (SSSR count). The van der Waals surface area contributed by atoms with E-state index in [1.54, 1.807) is 12.1 Å². The third-order valence-corrected chi connectivity index (χ3v) is 5.40. The summed E-state index contributed by atoms with van der Waals surface area (Å²) in [5.74, 6) is -0.586. The van der Waals surface area contributed by atoms with Crippen molar-refractivity contribution < 1.29 is 13.7 Å². The van der Waals surface area contributed by atoms with Gasteiger partial charge in [0.05, 0.1) is 16.3 Å². The van der Waals surface area contributed by atoms with E-state index in [2.05, 4.69) is 20.6 Å². The molecular weight excluding hydrogens is 463 g/mol. The minimum absolute atomic E-state index is 0.0960. The van der Waals surface area contributed by atoms with Crippen LogP contribution in [0.4, 0.5) is 10.1 Å². The van der Waals surface area contributed by atoms with Gasteiger partial charge in [-0.2, -0.15) is 4.98 Å². The summed E-state index contributed by atoms with van der Waals surface area (Å²) in [6.45, 7) is 1.57. The molecule has 170 valence electrons. The molecular formula is C23H16ClFN6O3. The zero-order chi connectivity index (χ0) is 23.8. The van der Waals surface area contributed by atoms with Gasteiger partial charge in [-0.25, -0.2) is 18.3 Å². The number of anilines is 1. The van der Waals surface area contributed by atoms with Crippen molar-refractivity contribution in [3.05, 3.63) is 87.7 Å². The van der Waals surface area contributed by atoms with Crippen LogP contribution in [0.1, 0.15) is 5.56 Å². The summed E-state index contributed by atoms with van der Waals surface area (Å²) < 4.78 is 21.1. The predicted octanol–water partition coefficient (Wildman–Crippen LogP) is 3.95. The summed E-state index contributed by atoms with van der Waals surface area (Å²) in [4.78, 5) is 29.7. The van der Waals surface area contributed by atoms with Crippen LogP contribution in [-0.4, -0.2) is 30.2 Å². The molecule has 0 aliphatic rings. The zero-order valence-corrected chi connectivity index (χ0v) is 18.5. The van der Waals surface area contributed by atoms with E-state index >= 15 is 0 Å². The number of hydrogen-bond acceptors (Lipinski definition) is 6. The molecule has 0 bridgehead atoms. The lowest BCUT2D eigenvalue weighted by Gasteiger charge is -2.06. The second-order valence-corrected chi connectivity index (χ2v) is 7.92. The summed E-state index contributed by atoms with van der Waals surface area (Å²) in [5.41, 5.74) is 2.10. The molecule has 2 aromatic carbocycles. The number of aryl methyl sites for hydroxylation is 1. The van der Waals surface area contributed by atoms with Crippen molar-refractivity contribution in [1.29, 1.82) is 0 Å². The van der Waals surface area contributed by atoms with Gasteiger partial charge in [0, 0.05) is 11.8 Å². The third kappa shape index (κ3) is 4.06. The van der Waals surface area contributed by atoms with Crippen molar-refractivity contribution >= 4 is 28.8 Å². The van der Waals surface area contributed by atoms with E-state index in [9.17, 15) is 14.0 Å². The Balaban J connectivity index is 1.45. The lowest BCUT2D eigenvalue weighted by molar-refractivity contribution is -0.117. The van der Waals surface area contributed by atoms with Crippen molar-refractivity contribution in [3.63, 3.8) is 0 Å². The molecule has 0 spiro atoms. The minimum Gasteiger partial charge on any atom is -0.333 e. The molecule has 1 amide bonds. The normalized spacial score (nSPS) is 11.1. The number of aromatic nitrogens is 5. The van der Waals surface area contributed by atoms with E-state index in [0.717, 1.165) is 21.9 Å². The van der Waals surface area contributed by atoms with Gasteiger partial charge in [0.15, 0.2) is 5.65 Å². The van der Waals surface area contributed by atoms with E-state index in [4.69, 9.17) is 16.1 Å². The van der Waals surface area contributed by atoms with Crippen molar-refractivity contribution in [2.75, 3.05) is 5.32 Å². The number of carbonyl (C=O) groups is 1. The van der Waals surface area contributed by atoms with E-state index in [0.29, 0.717) is 11.4 Å². The first kappa shape index (κ1) is 21.5. The first-order valence-corrected chi connectivity index (χ1v) is 10.5. The standard InChI is InChI=1S/C23H16ClFN6O3/c1-13-4-6-14(7-5-13)20-27-22(34-29-20)16-3-2-10-30-21(16)28-31(23(30)33)12-19(32)26-18-11-15(25)8-9-17(18)24/h2-11H,12H2,1H3,(H,26,32). The Morgan fingerprint density at radius 1 is 1.18 bits per heavy atom. The predicted molar refractivity (Wildman–Crippen MR) is 123 cm³/mol. The van der Waals surface area contributed by atoms with Crippen molar-refractivity contribution in [3.8, 4) is 22.8 Å². The first-order chi connectivity index (χ1) is 16.4. The number of rotatable bonds is 5. The van der Waals surface area contributed by atoms with Gasteiger partial charge in [0.2, 0.25) is 11.7 Å². The van der Waals surface area contributed by atoms with Crippen LogP contribution in [0.5, 0.6) is 0 Å². The Kier molecular flexibility index (Phi) is 5.42.